The van der Waals surface area contributed by atoms with Crippen molar-refractivity contribution < 1.29 is 19.0 Å². The number of anilines is 3. The van der Waals surface area contributed by atoms with Crippen LogP contribution in [0, 0.1) is 0 Å². The molecule has 29 heavy (non-hydrogen) atoms. The Hall–Kier alpha value is -3.74. The monoisotopic (exact) mass is 393 g/mol. The molecule has 2 N–H and O–H groups in total. The number of nitrogens with one attached hydrogen (secondary N) is 2. The molecule has 3 aromatic rings. The van der Waals surface area contributed by atoms with E-state index in [1.807, 2.05) is 48.5 Å². The van der Waals surface area contributed by atoms with Gasteiger partial charge in [-0.15, -0.1) is 0 Å². The van der Waals surface area contributed by atoms with Crippen molar-refractivity contribution in [2.45, 2.75) is 6.42 Å². The fraction of sp³-hybridized carbons (Fsp3) is 0.182. The summed E-state index contributed by atoms with van der Waals surface area (Å²) in [5.74, 6) is 2.41. The second-order valence-corrected chi connectivity index (χ2v) is 6.08. The molecule has 0 spiro atoms. The van der Waals surface area contributed by atoms with E-state index < -0.39 is 0 Å². The average molecular weight is 393 g/mol. The maximum atomic E-state index is 12.0. The standard InChI is InChI=1S/C22H23N3O4/c1-27-18-9-10-19(20(14-18)28-2)24-16-8-11-21(23-15-16)25-22(26)12-13-29-17-6-4-3-5-7-17/h3-11,14-15,24H,12-13H2,1-2H3,(H,23,25,26). The van der Waals surface area contributed by atoms with Crippen LogP contribution in [0.25, 0.3) is 0 Å². The summed E-state index contributed by atoms with van der Waals surface area (Å²) in [5, 5.41) is 5.99. The molecule has 0 aliphatic heterocycles. The Morgan fingerprint density at radius 3 is 2.48 bits per heavy atom. The number of hydrogen-bond acceptors (Lipinski definition) is 6. The fourth-order valence-corrected chi connectivity index (χ4v) is 2.58. The van der Waals surface area contributed by atoms with Crippen molar-refractivity contribution in [2.24, 2.45) is 0 Å². The van der Waals surface area contributed by atoms with Crippen LogP contribution in [0.4, 0.5) is 17.2 Å². The molecule has 0 aliphatic rings. The van der Waals surface area contributed by atoms with Crippen molar-refractivity contribution in [3.05, 3.63) is 66.9 Å². The molecule has 0 aliphatic carbocycles. The Morgan fingerprint density at radius 2 is 1.79 bits per heavy atom. The van der Waals surface area contributed by atoms with Crippen LogP contribution in [-0.2, 0) is 4.79 Å². The Kier molecular flexibility index (Phi) is 6.89. The van der Waals surface area contributed by atoms with Gasteiger partial charge in [-0.3, -0.25) is 4.79 Å². The summed E-state index contributed by atoms with van der Waals surface area (Å²) in [6, 6.07) is 18.4. The van der Waals surface area contributed by atoms with Gasteiger partial charge in [0.15, 0.2) is 0 Å². The summed E-state index contributed by atoms with van der Waals surface area (Å²) in [7, 11) is 3.20. The van der Waals surface area contributed by atoms with Crippen molar-refractivity contribution in [3.63, 3.8) is 0 Å². The van der Waals surface area contributed by atoms with E-state index in [4.69, 9.17) is 14.2 Å². The molecular weight excluding hydrogens is 370 g/mol. The van der Waals surface area contributed by atoms with Gasteiger partial charge in [-0.05, 0) is 36.4 Å². The Balaban J connectivity index is 1.51. The number of amides is 1. The Bertz CT molecular complexity index is 931. The summed E-state index contributed by atoms with van der Waals surface area (Å²) < 4.78 is 16.1. The summed E-state index contributed by atoms with van der Waals surface area (Å²) in [4.78, 5) is 16.3. The zero-order valence-corrected chi connectivity index (χ0v) is 16.3. The number of nitrogens with zero attached hydrogens (tertiary/aromatic N) is 1. The first-order valence-electron chi connectivity index (χ1n) is 9.11. The number of rotatable bonds is 9. The summed E-state index contributed by atoms with van der Waals surface area (Å²) in [6.07, 6.45) is 1.87. The van der Waals surface area contributed by atoms with Crippen LogP contribution < -0.4 is 24.8 Å². The number of carbonyl (C=O) groups excluding carboxylic acids is 1. The number of aromatic nitrogens is 1. The topological polar surface area (TPSA) is 81.7 Å². The molecule has 2 aromatic carbocycles. The zero-order valence-electron chi connectivity index (χ0n) is 16.3. The van der Waals surface area contributed by atoms with Crippen molar-refractivity contribution in [1.82, 2.24) is 4.98 Å². The molecule has 0 bridgehead atoms. The van der Waals surface area contributed by atoms with E-state index >= 15 is 0 Å². The SMILES string of the molecule is COc1ccc(Nc2ccc(NC(=O)CCOc3ccccc3)nc2)c(OC)c1. The van der Waals surface area contributed by atoms with E-state index in [9.17, 15) is 4.79 Å². The molecule has 3 rings (SSSR count). The predicted molar refractivity (Wildman–Crippen MR) is 112 cm³/mol. The first-order valence-corrected chi connectivity index (χ1v) is 9.11. The van der Waals surface area contributed by atoms with Gasteiger partial charge < -0.3 is 24.8 Å². The highest BCUT2D eigenvalue weighted by Gasteiger charge is 2.07. The normalized spacial score (nSPS) is 10.1. The number of para-hydroxylation sites is 1. The third-order valence-electron chi connectivity index (χ3n) is 4.06. The van der Waals surface area contributed by atoms with Crippen molar-refractivity contribution in [3.8, 4) is 17.2 Å². The van der Waals surface area contributed by atoms with Gasteiger partial charge in [0.2, 0.25) is 5.91 Å². The van der Waals surface area contributed by atoms with Gasteiger partial charge in [0, 0.05) is 6.07 Å². The molecule has 7 nitrogen and oxygen atoms in total. The second-order valence-electron chi connectivity index (χ2n) is 6.08. The van der Waals surface area contributed by atoms with E-state index in [0.717, 1.165) is 17.1 Å². The maximum absolute atomic E-state index is 12.0. The number of hydrogen-bond donors (Lipinski definition) is 2. The first kappa shape index (κ1) is 20.0. The molecular formula is C22H23N3O4. The van der Waals surface area contributed by atoms with E-state index in [1.165, 1.54) is 0 Å². The van der Waals surface area contributed by atoms with Gasteiger partial charge in [0.05, 0.1) is 44.8 Å². The van der Waals surface area contributed by atoms with Gasteiger partial charge in [-0.1, -0.05) is 18.2 Å². The highest BCUT2D eigenvalue weighted by molar-refractivity contribution is 5.90. The smallest absolute Gasteiger partial charge is 0.228 e. The van der Waals surface area contributed by atoms with Crippen molar-refractivity contribution in [2.75, 3.05) is 31.5 Å². The minimum atomic E-state index is -0.161. The van der Waals surface area contributed by atoms with Gasteiger partial charge in [-0.2, -0.15) is 0 Å². The van der Waals surface area contributed by atoms with Gasteiger partial charge in [0.1, 0.15) is 23.1 Å². The molecule has 0 radical (unpaired) electrons. The van der Waals surface area contributed by atoms with E-state index in [-0.39, 0.29) is 12.3 Å². The average Bonchev–Trinajstić information content (AvgIpc) is 2.76. The Labute approximate surface area is 169 Å². The minimum absolute atomic E-state index is 0.161. The summed E-state index contributed by atoms with van der Waals surface area (Å²) in [5.41, 5.74) is 1.55. The molecule has 0 unspecified atom stereocenters. The third kappa shape index (κ3) is 5.87. The van der Waals surface area contributed by atoms with E-state index in [0.29, 0.717) is 23.9 Å². The van der Waals surface area contributed by atoms with Crippen LogP contribution >= 0.6 is 0 Å². The zero-order chi connectivity index (χ0) is 20.5. The van der Waals surface area contributed by atoms with E-state index in [2.05, 4.69) is 15.6 Å². The summed E-state index contributed by atoms with van der Waals surface area (Å²) in [6.45, 7) is 0.298. The molecule has 7 heteroatoms. The number of methoxy groups -OCH3 is 2. The molecule has 0 atom stereocenters. The van der Waals surface area contributed by atoms with Crippen LogP contribution in [0.1, 0.15) is 6.42 Å². The number of ether oxygens (including phenoxy) is 3. The van der Waals surface area contributed by atoms with Crippen LogP contribution in [0.3, 0.4) is 0 Å². The van der Waals surface area contributed by atoms with Crippen LogP contribution in [0.5, 0.6) is 17.2 Å². The van der Waals surface area contributed by atoms with Crippen molar-refractivity contribution >= 4 is 23.1 Å². The van der Waals surface area contributed by atoms with Gasteiger partial charge in [0.25, 0.3) is 0 Å². The van der Waals surface area contributed by atoms with Gasteiger partial charge in [-0.25, -0.2) is 4.98 Å². The van der Waals surface area contributed by atoms with E-state index in [1.54, 1.807) is 32.5 Å². The summed E-state index contributed by atoms with van der Waals surface area (Å²) >= 11 is 0. The molecule has 1 heterocycles. The second kappa shape index (κ2) is 9.98. The number of pyridine rings is 1. The van der Waals surface area contributed by atoms with Crippen LogP contribution in [0.15, 0.2) is 66.9 Å². The molecule has 150 valence electrons. The highest BCUT2D eigenvalue weighted by Crippen LogP contribution is 2.31. The molecule has 0 saturated heterocycles. The van der Waals surface area contributed by atoms with Crippen molar-refractivity contribution in [1.29, 1.82) is 0 Å². The third-order valence-corrected chi connectivity index (χ3v) is 4.06. The maximum Gasteiger partial charge on any atom is 0.228 e. The lowest BCUT2D eigenvalue weighted by atomic mass is 10.2. The highest BCUT2D eigenvalue weighted by atomic mass is 16.5. The van der Waals surface area contributed by atoms with Gasteiger partial charge >= 0.3 is 0 Å². The Morgan fingerprint density at radius 1 is 0.966 bits per heavy atom. The lowest BCUT2D eigenvalue weighted by Crippen LogP contribution is -2.16. The molecule has 0 saturated carbocycles. The molecule has 0 fully saturated rings. The molecule has 1 aromatic heterocycles. The minimum Gasteiger partial charge on any atom is -0.497 e. The largest absolute Gasteiger partial charge is 0.497 e. The first-order chi connectivity index (χ1) is 14.2. The number of carbonyl (C=O) groups is 1. The quantitative estimate of drug-likeness (QED) is 0.566. The number of benzene rings is 2. The van der Waals surface area contributed by atoms with Crippen LogP contribution in [0.2, 0.25) is 0 Å². The fourth-order valence-electron chi connectivity index (χ4n) is 2.58. The lowest BCUT2D eigenvalue weighted by molar-refractivity contribution is -0.116. The molecule has 1 amide bonds. The lowest BCUT2D eigenvalue weighted by Gasteiger charge is -2.13. The predicted octanol–water partition coefficient (Wildman–Crippen LogP) is 4.25. The van der Waals surface area contributed by atoms with Crippen LogP contribution in [-0.4, -0.2) is 31.7 Å².